The van der Waals surface area contributed by atoms with Crippen molar-refractivity contribution in [2.75, 3.05) is 10.6 Å². The molecule has 2 aromatic rings. The number of fused-ring (bicyclic) bond motifs is 1. The molecule has 0 radical (unpaired) electrons. The van der Waals surface area contributed by atoms with Crippen LogP contribution in [0.4, 0.5) is 24.5 Å². The van der Waals surface area contributed by atoms with Gasteiger partial charge in [-0.25, -0.2) is 13.2 Å². The van der Waals surface area contributed by atoms with Crippen LogP contribution >= 0.6 is 15.9 Å². The summed E-state index contributed by atoms with van der Waals surface area (Å²) >= 11 is 3.28. The zero-order valence-electron chi connectivity index (χ0n) is 10.4. The van der Waals surface area contributed by atoms with E-state index in [0.29, 0.717) is 11.3 Å². The Labute approximate surface area is 126 Å². The first-order chi connectivity index (χ1) is 9.97. The van der Waals surface area contributed by atoms with Gasteiger partial charge in [0.05, 0.1) is 5.69 Å². The Balaban J connectivity index is 1.98. The van der Waals surface area contributed by atoms with Crippen molar-refractivity contribution in [3.05, 3.63) is 57.8 Å². The third kappa shape index (κ3) is 2.37. The Morgan fingerprint density at radius 1 is 1.10 bits per heavy atom. The van der Waals surface area contributed by atoms with E-state index in [1.165, 1.54) is 0 Å². The van der Waals surface area contributed by atoms with Crippen molar-refractivity contribution in [2.45, 2.75) is 6.04 Å². The normalized spacial score (nSPS) is 16.6. The van der Waals surface area contributed by atoms with E-state index in [4.69, 9.17) is 0 Å². The van der Waals surface area contributed by atoms with Crippen LogP contribution in [0.3, 0.4) is 0 Å². The summed E-state index contributed by atoms with van der Waals surface area (Å²) in [5, 5.41) is 5.22. The van der Waals surface area contributed by atoms with Crippen LogP contribution in [0, 0.1) is 17.5 Å². The molecule has 108 valence electrons. The lowest BCUT2D eigenvalue weighted by atomic mass is 10.1. The van der Waals surface area contributed by atoms with Crippen molar-refractivity contribution in [1.82, 2.24) is 0 Å². The first-order valence-electron chi connectivity index (χ1n) is 5.97. The van der Waals surface area contributed by atoms with Crippen LogP contribution < -0.4 is 10.6 Å². The van der Waals surface area contributed by atoms with Gasteiger partial charge < -0.3 is 10.6 Å². The molecule has 0 saturated heterocycles. The summed E-state index contributed by atoms with van der Waals surface area (Å²) in [7, 11) is 0. The minimum Gasteiger partial charge on any atom is -0.368 e. The van der Waals surface area contributed by atoms with Gasteiger partial charge in [-0.2, -0.15) is 0 Å². The molecule has 1 aliphatic rings. The Hall–Kier alpha value is -2.02. The number of amides is 1. The zero-order chi connectivity index (χ0) is 15.1. The van der Waals surface area contributed by atoms with E-state index in [-0.39, 0.29) is 5.69 Å². The third-order valence-electron chi connectivity index (χ3n) is 3.18. The SMILES string of the molecule is O=C1Nc2ccc(Br)cc2C1Nc1ccc(F)c(F)c1F. The Kier molecular flexibility index (Phi) is 3.36. The number of carbonyl (C=O) groups excluding carboxylic acids is 1. The maximum atomic E-state index is 13.7. The number of nitrogens with one attached hydrogen (secondary N) is 2. The predicted octanol–water partition coefficient (Wildman–Crippen LogP) is 3.97. The van der Waals surface area contributed by atoms with Gasteiger partial charge in [0.15, 0.2) is 17.5 Å². The van der Waals surface area contributed by atoms with E-state index in [1.807, 2.05) is 0 Å². The number of rotatable bonds is 2. The second kappa shape index (κ2) is 5.07. The smallest absolute Gasteiger partial charge is 0.251 e. The van der Waals surface area contributed by atoms with Gasteiger partial charge in [-0.05, 0) is 30.3 Å². The molecule has 3 nitrogen and oxygen atoms in total. The Morgan fingerprint density at radius 3 is 2.62 bits per heavy atom. The highest BCUT2D eigenvalue weighted by atomic mass is 79.9. The second-order valence-electron chi connectivity index (χ2n) is 4.52. The minimum absolute atomic E-state index is 0.276. The monoisotopic (exact) mass is 356 g/mol. The van der Waals surface area contributed by atoms with Crippen LogP contribution in [-0.4, -0.2) is 5.91 Å². The fourth-order valence-electron chi connectivity index (χ4n) is 2.17. The van der Waals surface area contributed by atoms with Crippen molar-refractivity contribution in [2.24, 2.45) is 0 Å². The molecule has 1 aliphatic heterocycles. The molecule has 0 fully saturated rings. The molecule has 2 aromatic carbocycles. The van der Waals surface area contributed by atoms with E-state index < -0.39 is 29.4 Å². The summed E-state index contributed by atoms with van der Waals surface area (Å²) in [6, 6.07) is 6.12. The van der Waals surface area contributed by atoms with Crippen molar-refractivity contribution >= 4 is 33.2 Å². The molecule has 0 aliphatic carbocycles. The first-order valence-corrected chi connectivity index (χ1v) is 6.77. The molecule has 1 heterocycles. The maximum absolute atomic E-state index is 13.7. The van der Waals surface area contributed by atoms with Crippen LogP contribution in [0.25, 0.3) is 0 Å². The molecule has 0 aromatic heterocycles. The van der Waals surface area contributed by atoms with Gasteiger partial charge >= 0.3 is 0 Å². The fraction of sp³-hybridized carbons (Fsp3) is 0.0714. The lowest BCUT2D eigenvalue weighted by Gasteiger charge is -2.14. The molecule has 1 amide bonds. The van der Waals surface area contributed by atoms with Crippen LogP contribution in [-0.2, 0) is 4.79 Å². The summed E-state index contributed by atoms with van der Waals surface area (Å²) < 4.78 is 40.6. The van der Waals surface area contributed by atoms with Gasteiger partial charge in [0.1, 0.15) is 6.04 Å². The van der Waals surface area contributed by atoms with Crippen LogP contribution in [0.15, 0.2) is 34.8 Å². The number of benzene rings is 2. The van der Waals surface area contributed by atoms with Gasteiger partial charge in [-0.3, -0.25) is 4.79 Å². The molecular weight excluding hydrogens is 349 g/mol. The minimum atomic E-state index is -1.58. The molecule has 0 bridgehead atoms. The highest BCUT2D eigenvalue weighted by molar-refractivity contribution is 9.10. The highest BCUT2D eigenvalue weighted by Crippen LogP contribution is 2.35. The first kappa shape index (κ1) is 13.9. The number of carbonyl (C=O) groups is 1. The van der Waals surface area contributed by atoms with E-state index in [0.717, 1.165) is 16.6 Å². The van der Waals surface area contributed by atoms with Crippen molar-refractivity contribution < 1.29 is 18.0 Å². The molecule has 3 rings (SSSR count). The highest BCUT2D eigenvalue weighted by Gasteiger charge is 2.31. The van der Waals surface area contributed by atoms with E-state index >= 15 is 0 Å². The maximum Gasteiger partial charge on any atom is 0.251 e. The molecular formula is C14H8BrF3N2O. The van der Waals surface area contributed by atoms with Gasteiger partial charge in [0.25, 0.3) is 5.91 Å². The Morgan fingerprint density at radius 2 is 1.86 bits per heavy atom. The summed E-state index contributed by atoms with van der Waals surface area (Å²) in [5.74, 6) is -4.61. The fourth-order valence-corrected chi connectivity index (χ4v) is 2.55. The number of hydrogen-bond donors (Lipinski definition) is 2. The van der Waals surface area contributed by atoms with E-state index in [9.17, 15) is 18.0 Å². The van der Waals surface area contributed by atoms with Gasteiger partial charge in [-0.1, -0.05) is 15.9 Å². The average Bonchev–Trinajstić information content (AvgIpc) is 2.75. The molecule has 1 atom stereocenters. The standard InChI is InChI=1S/C14H8BrF3N2O/c15-6-1-3-9-7(5-6)13(14(21)20-9)19-10-4-2-8(16)11(17)12(10)18/h1-5,13,19H,(H,20,21). The summed E-state index contributed by atoms with van der Waals surface area (Å²) in [6.45, 7) is 0. The van der Waals surface area contributed by atoms with Gasteiger partial charge in [-0.15, -0.1) is 0 Å². The molecule has 21 heavy (non-hydrogen) atoms. The topological polar surface area (TPSA) is 41.1 Å². The lowest BCUT2D eigenvalue weighted by molar-refractivity contribution is -0.116. The molecule has 1 unspecified atom stereocenters. The Bertz CT molecular complexity index is 751. The predicted molar refractivity (Wildman–Crippen MR) is 75.5 cm³/mol. The molecule has 0 spiro atoms. The summed E-state index contributed by atoms with van der Waals surface area (Å²) in [6.07, 6.45) is 0. The lowest BCUT2D eigenvalue weighted by Crippen LogP contribution is -2.20. The van der Waals surface area contributed by atoms with Crippen LogP contribution in [0.1, 0.15) is 11.6 Å². The average molecular weight is 357 g/mol. The van der Waals surface area contributed by atoms with Crippen LogP contribution in [0.2, 0.25) is 0 Å². The molecule has 0 saturated carbocycles. The van der Waals surface area contributed by atoms with E-state index in [1.54, 1.807) is 18.2 Å². The molecule has 7 heteroatoms. The second-order valence-corrected chi connectivity index (χ2v) is 5.44. The largest absolute Gasteiger partial charge is 0.368 e. The number of hydrogen-bond acceptors (Lipinski definition) is 2. The van der Waals surface area contributed by atoms with Crippen molar-refractivity contribution in [3.8, 4) is 0 Å². The zero-order valence-corrected chi connectivity index (χ0v) is 12.0. The van der Waals surface area contributed by atoms with Crippen molar-refractivity contribution in [3.63, 3.8) is 0 Å². The van der Waals surface area contributed by atoms with Crippen LogP contribution in [0.5, 0.6) is 0 Å². The van der Waals surface area contributed by atoms with Crippen molar-refractivity contribution in [1.29, 1.82) is 0 Å². The quantitative estimate of drug-likeness (QED) is 0.799. The number of anilines is 2. The van der Waals surface area contributed by atoms with Gasteiger partial charge in [0, 0.05) is 15.7 Å². The third-order valence-corrected chi connectivity index (χ3v) is 3.67. The molecule has 2 N–H and O–H groups in total. The number of halogens is 4. The summed E-state index contributed by atoms with van der Waals surface area (Å²) in [5.41, 5.74) is 0.907. The van der Waals surface area contributed by atoms with E-state index in [2.05, 4.69) is 26.6 Å². The van der Waals surface area contributed by atoms with Gasteiger partial charge in [0.2, 0.25) is 0 Å². The summed E-state index contributed by atoms with van der Waals surface area (Å²) in [4.78, 5) is 11.9.